The number of pyridine rings is 1. The van der Waals surface area contributed by atoms with Gasteiger partial charge < -0.3 is 24.3 Å². The summed E-state index contributed by atoms with van der Waals surface area (Å²) in [5.41, 5.74) is 1.48. The van der Waals surface area contributed by atoms with E-state index in [1.165, 1.54) is 40.7 Å². The molecule has 8 nitrogen and oxygen atoms in total. The summed E-state index contributed by atoms with van der Waals surface area (Å²) in [5, 5.41) is 4.07. The lowest BCUT2D eigenvalue weighted by Gasteiger charge is -2.12. The molecule has 0 bridgehead atoms. The number of sulfone groups is 1. The summed E-state index contributed by atoms with van der Waals surface area (Å²) in [6, 6.07) is 4.93. The Bertz CT molecular complexity index is 1030. The van der Waals surface area contributed by atoms with E-state index >= 15 is 0 Å². The molecule has 160 valence electrons. The van der Waals surface area contributed by atoms with Crippen molar-refractivity contribution >= 4 is 21.6 Å². The molecule has 0 unspecified atom stereocenters. The minimum atomic E-state index is -3.63. The van der Waals surface area contributed by atoms with Crippen LogP contribution in [-0.2, 0) is 15.6 Å². The first-order valence-electron chi connectivity index (χ1n) is 8.78. The Morgan fingerprint density at radius 2 is 1.73 bits per heavy atom. The van der Waals surface area contributed by atoms with Gasteiger partial charge in [-0.2, -0.15) is 0 Å². The fourth-order valence-corrected chi connectivity index (χ4v) is 3.72. The summed E-state index contributed by atoms with van der Waals surface area (Å²) >= 11 is 0. The van der Waals surface area contributed by atoms with Crippen molar-refractivity contribution in [1.29, 1.82) is 0 Å². The van der Waals surface area contributed by atoms with Gasteiger partial charge in [0.25, 0.3) is 0 Å². The Balaban J connectivity index is 2.32. The highest BCUT2D eigenvalue weighted by Crippen LogP contribution is 2.35. The summed E-state index contributed by atoms with van der Waals surface area (Å²) in [7, 11) is 2.32. The largest absolute Gasteiger partial charge is 0.496 e. The fraction of sp³-hybridized carbons (Fsp3) is 0.286. The lowest BCUT2D eigenvalue weighted by molar-refractivity contribution is 0.374. The van der Waals surface area contributed by atoms with Crippen LogP contribution >= 0.6 is 0 Å². The van der Waals surface area contributed by atoms with Gasteiger partial charge in [-0.1, -0.05) is 5.92 Å². The van der Waals surface area contributed by atoms with E-state index in [0.29, 0.717) is 39.9 Å². The van der Waals surface area contributed by atoms with Gasteiger partial charge in [-0.3, -0.25) is 0 Å². The zero-order chi connectivity index (χ0) is 22.1. The zero-order valence-corrected chi connectivity index (χ0v) is 18.1. The molecule has 9 heteroatoms. The third-order valence-electron chi connectivity index (χ3n) is 4.05. The van der Waals surface area contributed by atoms with Crippen LogP contribution in [0.3, 0.4) is 0 Å². The normalized spacial score (nSPS) is 11.0. The van der Waals surface area contributed by atoms with Crippen molar-refractivity contribution in [3.8, 4) is 35.5 Å². The number of methoxy groups -OCH3 is 4. The Kier molecular flexibility index (Phi) is 7.95. The second kappa shape index (κ2) is 10.4. The van der Waals surface area contributed by atoms with E-state index in [2.05, 4.69) is 16.2 Å². The smallest absolute Gasteiger partial charge is 0.237 e. The van der Waals surface area contributed by atoms with Crippen LogP contribution < -0.4 is 24.3 Å². The molecule has 1 aromatic carbocycles. The second-order valence-electron chi connectivity index (χ2n) is 6.01. The summed E-state index contributed by atoms with van der Waals surface area (Å²) < 4.78 is 46.4. The molecule has 0 saturated heterocycles. The van der Waals surface area contributed by atoms with Gasteiger partial charge in [0.1, 0.15) is 17.2 Å². The van der Waals surface area contributed by atoms with Crippen LogP contribution in [0.15, 0.2) is 29.8 Å². The highest BCUT2D eigenvalue weighted by Gasteiger charge is 2.15. The van der Waals surface area contributed by atoms with Crippen LogP contribution in [0.25, 0.3) is 6.08 Å². The van der Waals surface area contributed by atoms with Gasteiger partial charge in [0.05, 0.1) is 52.0 Å². The van der Waals surface area contributed by atoms with Crippen LogP contribution in [0, 0.1) is 12.3 Å². The van der Waals surface area contributed by atoms with E-state index in [1.807, 2.05) is 0 Å². The quantitative estimate of drug-likeness (QED) is 0.573. The molecule has 1 aromatic heterocycles. The number of anilines is 1. The van der Waals surface area contributed by atoms with Gasteiger partial charge in [0.15, 0.2) is 9.84 Å². The maximum atomic E-state index is 12.7. The second-order valence-corrected chi connectivity index (χ2v) is 7.90. The molecule has 0 aliphatic heterocycles. The van der Waals surface area contributed by atoms with E-state index in [-0.39, 0.29) is 12.3 Å². The number of rotatable bonds is 10. The van der Waals surface area contributed by atoms with E-state index in [1.54, 1.807) is 18.2 Å². The number of terminal acetylenes is 1. The van der Waals surface area contributed by atoms with Gasteiger partial charge in [-0.15, -0.1) is 6.42 Å². The lowest BCUT2D eigenvalue weighted by atomic mass is 10.1. The molecule has 2 rings (SSSR count). The first-order valence-corrected chi connectivity index (χ1v) is 10.5. The molecule has 30 heavy (non-hydrogen) atoms. The number of ether oxygens (including phenoxy) is 4. The summed E-state index contributed by atoms with van der Waals surface area (Å²) in [4.78, 5) is 4.13. The van der Waals surface area contributed by atoms with Crippen molar-refractivity contribution in [3.63, 3.8) is 0 Å². The predicted molar refractivity (Wildman–Crippen MR) is 116 cm³/mol. The Labute approximate surface area is 176 Å². The fourth-order valence-electron chi connectivity index (χ4n) is 2.66. The first kappa shape index (κ1) is 22.9. The van der Waals surface area contributed by atoms with Gasteiger partial charge in [-0.05, 0) is 17.7 Å². The minimum Gasteiger partial charge on any atom is -0.496 e. The zero-order valence-electron chi connectivity index (χ0n) is 17.3. The third kappa shape index (κ3) is 5.81. The van der Waals surface area contributed by atoms with E-state index in [9.17, 15) is 8.42 Å². The number of nitrogens with zero attached hydrogens (tertiary/aromatic N) is 1. The highest BCUT2D eigenvalue weighted by atomic mass is 32.2. The van der Waals surface area contributed by atoms with Crippen LogP contribution in [0.1, 0.15) is 11.1 Å². The summed E-state index contributed by atoms with van der Waals surface area (Å²) in [6.07, 6.45) is 8.14. The number of nitrogens with one attached hydrogen (secondary N) is 1. The van der Waals surface area contributed by atoms with E-state index < -0.39 is 9.84 Å². The molecular weight excluding hydrogens is 408 g/mol. The van der Waals surface area contributed by atoms with Crippen LogP contribution in [0.5, 0.6) is 23.1 Å². The average molecular weight is 432 g/mol. The SMILES string of the molecule is C#CCNc1cc(CS(=O)(=O)/C=C/c2c(OC)cc(OC)cc2OC)cnc1OC. The molecular formula is C21H24N2O6S. The van der Waals surface area contributed by atoms with Crippen molar-refractivity contribution in [1.82, 2.24) is 4.98 Å². The molecule has 0 saturated carbocycles. The van der Waals surface area contributed by atoms with Crippen LogP contribution in [0.4, 0.5) is 5.69 Å². The molecule has 1 heterocycles. The highest BCUT2D eigenvalue weighted by molar-refractivity contribution is 7.93. The number of benzene rings is 1. The molecule has 0 amide bonds. The predicted octanol–water partition coefficient (Wildman–Crippen LogP) is 2.75. The first-order chi connectivity index (χ1) is 14.4. The maximum Gasteiger partial charge on any atom is 0.237 e. The van der Waals surface area contributed by atoms with E-state index in [0.717, 1.165) is 5.41 Å². The van der Waals surface area contributed by atoms with Crippen molar-refractivity contribution in [2.75, 3.05) is 40.3 Å². The Morgan fingerprint density at radius 3 is 2.27 bits per heavy atom. The molecule has 0 atom stereocenters. The molecule has 0 aliphatic rings. The number of hydrogen-bond acceptors (Lipinski definition) is 8. The van der Waals surface area contributed by atoms with Gasteiger partial charge in [0, 0.05) is 23.7 Å². The van der Waals surface area contributed by atoms with Crippen molar-refractivity contribution in [2.45, 2.75) is 5.75 Å². The molecule has 1 N–H and O–H groups in total. The van der Waals surface area contributed by atoms with Gasteiger partial charge >= 0.3 is 0 Å². The summed E-state index contributed by atoms with van der Waals surface area (Å²) in [6.45, 7) is 0.255. The van der Waals surface area contributed by atoms with Gasteiger partial charge in [0.2, 0.25) is 5.88 Å². The lowest BCUT2D eigenvalue weighted by Crippen LogP contribution is -2.06. The van der Waals surface area contributed by atoms with Crippen molar-refractivity contribution < 1.29 is 27.4 Å². The third-order valence-corrected chi connectivity index (χ3v) is 5.33. The minimum absolute atomic E-state index is 0.255. The molecule has 0 spiro atoms. The topological polar surface area (TPSA) is 96.0 Å². The summed E-state index contributed by atoms with van der Waals surface area (Å²) in [5.74, 6) is 3.89. The van der Waals surface area contributed by atoms with Crippen molar-refractivity contribution in [3.05, 3.63) is 40.9 Å². The Morgan fingerprint density at radius 1 is 1.07 bits per heavy atom. The monoisotopic (exact) mass is 432 g/mol. The van der Waals surface area contributed by atoms with E-state index in [4.69, 9.17) is 25.4 Å². The molecule has 0 fully saturated rings. The molecule has 2 aromatic rings. The average Bonchev–Trinajstić information content (AvgIpc) is 2.75. The van der Waals surface area contributed by atoms with Gasteiger partial charge in [-0.25, -0.2) is 13.4 Å². The van der Waals surface area contributed by atoms with Crippen LogP contribution in [-0.4, -0.2) is 48.4 Å². The van der Waals surface area contributed by atoms with Crippen LogP contribution in [0.2, 0.25) is 0 Å². The number of aromatic nitrogens is 1. The Hall–Kier alpha value is -3.38. The standard InChI is InChI=1S/C21H24N2O6S/c1-6-8-22-18-10-15(13-23-21(18)29-5)14-30(24,25)9-7-17-19(27-3)11-16(26-2)12-20(17)28-4/h1,7,9-13,22H,8,14H2,2-5H3/b9-7+. The van der Waals surface area contributed by atoms with Crippen molar-refractivity contribution in [2.24, 2.45) is 0 Å². The molecule has 0 radical (unpaired) electrons. The molecule has 0 aliphatic carbocycles. The maximum absolute atomic E-state index is 12.7. The number of hydrogen-bond donors (Lipinski definition) is 1.